The molecule has 2 heterocycles. The summed E-state index contributed by atoms with van der Waals surface area (Å²) in [7, 11) is 0. The van der Waals surface area contributed by atoms with Crippen LogP contribution in [0.3, 0.4) is 0 Å². The molecule has 2 N–H and O–H groups in total. The van der Waals surface area contributed by atoms with E-state index in [9.17, 15) is 0 Å². The number of aromatic nitrogens is 1. The number of benzene rings is 1. The van der Waals surface area contributed by atoms with E-state index in [1.807, 2.05) is 11.1 Å². The van der Waals surface area contributed by atoms with Gasteiger partial charge in [0.05, 0.1) is 0 Å². The zero-order valence-corrected chi connectivity index (χ0v) is 13.7. The molecule has 1 aliphatic carbocycles. The molecule has 1 aliphatic heterocycles. The Hall–Kier alpha value is -0.831. The molecule has 0 amide bonds. The predicted molar refractivity (Wildman–Crippen MR) is 79.7 cm³/mol. The van der Waals surface area contributed by atoms with Crippen LogP contribution < -0.4 is 5.32 Å². The monoisotopic (exact) mass is 386 g/mol. The first-order chi connectivity index (χ1) is 9.33. The van der Waals surface area contributed by atoms with Crippen LogP contribution in [0.2, 0.25) is 0 Å². The molecule has 2 aromatic rings. The van der Waals surface area contributed by atoms with E-state index in [1.165, 1.54) is 16.1 Å². The van der Waals surface area contributed by atoms with Gasteiger partial charge in [0.2, 0.25) is 0 Å². The van der Waals surface area contributed by atoms with Gasteiger partial charge in [-0.15, -0.1) is 0 Å². The third-order valence-corrected chi connectivity index (χ3v) is 6.93. The molecule has 98 valence electrons. The number of hydrogen-bond acceptors (Lipinski definition) is 3. The number of rotatable bonds is 0. The summed E-state index contributed by atoms with van der Waals surface area (Å²) in [4.78, 5) is 4.10. The number of phenols is 1. The molecular formula is C14H14N2OSe2. The van der Waals surface area contributed by atoms with Crippen LogP contribution in [0.15, 0.2) is 46.0 Å². The minimum absolute atomic E-state index is 0.300. The molecule has 0 saturated carbocycles. The number of fused-ring (bicyclic) bond motifs is 2. The zero-order valence-electron chi connectivity index (χ0n) is 10.2. The van der Waals surface area contributed by atoms with Crippen molar-refractivity contribution < 1.29 is 5.11 Å². The maximum atomic E-state index is 9.03. The molecule has 1 aromatic carbocycles. The molecule has 19 heavy (non-hydrogen) atoms. The Labute approximate surface area is 124 Å². The van der Waals surface area contributed by atoms with E-state index in [0.29, 0.717) is 20.3 Å². The van der Waals surface area contributed by atoms with Crippen molar-refractivity contribution in [1.29, 1.82) is 0 Å². The van der Waals surface area contributed by atoms with E-state index >= 15 is 0 Å². The van der Waals surface area contributed by atoms with Crippen LogP contribution in [0.5, 0.6) is 5.75 Å². The number of allylic oxidation sites excluding steroid dienone is 2. The van der Waals surface area contributed by atoms with Gasteiger partial charge in [-0.05, 0) is 0 Å². The van der Waals surface area contributed by atoms with Crippen molar-refractivity contribution in [1.82, 2.24) is 10.3 Å². The fraction of sp³-hybridized carbons (Fsp3) is 0.214. The summed E-state index contributed by atoms with van der Waals surface area (Å²) >= 11 is 1.15. The van der Waals surface area contributed by atoms with Crippen molar-refractivity contribution in [2.24, 2.45) is 0 Å². The summed E-state index contributed by atoms with van der Waals surface area (Å²) in [6.45, 7) is 0. The molecule has 4 rings (SSSR count). The van der Waals surface area contributed by atoms with Crippen molar-refractivity contribution in [3.05, 3.63) is 46.0 Å². The van der Waals surface area contributed by atoms with Gasteiger partial charge in [-0.1, -0.05) is 0 Å². The summed E-state index contributed by atoms with van der Waals surface area (Å²) in [5.41, 5.74) is 2.17. The molecule has 0 bridgehead atoms. The second kappa shape index (κ2) is 6.08. The van der Waals surface area contributed by atoms with Crippen molar-refractivity contribution >= 4 is 39.2 Å². The fourth-order valence-electron chi connectivity index (χ4n) is 2.01. The third kappa shape index (κ3) is 3.19. The van der Waals surface area contributed by atoms with Crippen molar-refractivity contribution in [2.75, 3.05) is 5.44 Å². The second-order valence-electron chi connectivity index (χ2n) is 4.28. The second-order valence-corrected chi connectivity index (χ2v) is 8.34. The average Bonchev–Trinajstić information content (AvgIpc) is 3.07. The number of nitrogens with zero attached hydrogens (tertiary/aromatic N) is 1. The van der Waals surface area contributed by atoms with E-state index in [1.54, 1.807) is 16.6 Å². The number of phenolic OH excluding ortho intramolecular Hbond substituents is 1. The van der Waals surface area contributed by atoms with Crippen LogP contribution in [0.25, 0.3) is 9.78 Å². The summed E-state index contributed by atoms with van der Waals surface area (Å²) in [5, 5.41) is 14.4. The minimum atomic E-state index is 0.300. The summed E-state index contributed by atoms with van der Waals surface area (Å²) < 4.78 is 2.91. The Morgan fingerprint density at radius 2 is 2.32 bits per heavy atom. The topological polar surface area (TPSA) is 45.1 Å². The van der Waals surface area contributed by atoms with Crippen LogP contribution in [0.4, 0.5) is 0 Å². The van der Waals surface area contributed by atoms with Gasteiger partial charge in [0, 0.05) is 0 Å². The Balaban J connectivity index is 0.000000117. The quantitative estimate of drug-likeness (QED) is 0.677. The molecule has 1 saturated heterocycles. The summed E-state index contributed by atoms with van der Waals surface area (Å²) in [6, 6.07) is 6.04. The summed E-state index contributed by atoms with van der Waals surface area (Å²) in [6.07, 6.45) is 7.91. The predicted octanol–water partition coefficient (Wildman–Crippen LogP) is 1.46. The van der Waals surface area contributed by atoms with Gasteiger partial charge in [0.15, 0.2) is 0 Å². The van der Waals surface area contributed by atoms with Crippen molar-refractivity contribution in [3.8, 4) is 5.75 Å². The molecule has 1 aromatic heterocycles. The van der Waals surface area contributed by atoms with E-state index in [-0.39, 0.29) is 0 Å². The fourth-order valence-corrected chi connectivity index (χ4v) is 5.51. The van der Waals surface area contributed by atoms with Gasteiger partial charge in [-0.25, -0.2) is 0 Å². The molecule has 2 aliphatic rings. The number of nitrogens with one attached hydrogen (secondary N) is 1. The van der Waals surface area contributed by atoms with Crippen LogP contribution in [0, 0.1) is 0 Å². The van der Waals surface area contributed by atoms with Gasteiger partial charge < -0.3 is 0 Å². The molecule has 1 fully saturated rings. The Kier molecular flexibility index (Phi) is 4.21. The van der Waals surface area contributed by atoms with E-state index in [4.69, 9.17) is 5.11 Å². The van der Waals surface area contributed by atoms with E-state index in [0.717, 1.165) is 26.5 Å². The standard InChI is InChI=1S/C7H5NOSe.C7H9NSe/c9-5-1-2-7-6(3-5)8-4-10-7;1-2-4-7-6(3-1)8-5-9-7/h1-4,9H;1-2,4,6,8H,3,5H2. The van der Waals surface area contributed by atoms with Crippen LogP contribution in [0.1, 0.15) is 6.42 Å². The Morgan fingerprint density at radius 1 is 1.37 bits per heavy atom. The first kappa shape index (κ1) is 13.2. The SMILES string of the molecule is C1=CCC2NC[Se]C2=C1.Oc1ccc2[se]cnc2c1. The molecule has 1 unspecified atom stereocenters. The number of hydrogen-bond donors (Lipinski definition) is 2. The first-order valence-corrected chi connectivity index (χ1v) is 9.99. The Bertz CT molecular complexity index is 633. The van der Waals surface area contributed by atoms with Crippen molar-refractivity contribution in [3.63, 3.8) is 0 Å². The molecule has 3 nitrogen and oxygen atoms in total. The van der Waals surface area contributed by atoms with E-state index < -0.39 is 0 Å². The number of aromatic hydroxyl groups is 1. The molecular weight excluding hydrogens is 370 g/mol. The van der Waals surface area contributed by atoms with Gasteiger partial charge >= 0.3 is 124 Å². The molecule has 1 atom stereocenters. The average molecular weight is 384 g/mol. The Morgan fingerprint density at radius 3 is 3.21 bits per heavy atom. The normalized spacial score (nSPS) is 20.6. The van der Waals surface area contributed by atoms with Crippen LogP contribution in [-0.4, -0.2) is 51.0 Å². The van der Waals surface area contributed by atoms with E-state index in [2.05, 4.69) is 28.5 Å². The molecule has 0 spiro atoms. The maximum absolute atomic E-state index is 9.03. The zero-order chi connectivity index (χ0) is 13.1. The van der Waals surface area contributed by atoms with Gasteiger partial charge in [-0.3, -0.25) is 0 Å². The van der Waals surface area contributed by atoms with Crippen LogP contribution >= 0.6 is 0 Å². The first-order valence-electron chi connectivity index (χ1n) is 6.08. The molecule has 5 heteroatoms. The van der Waals surface area contributed by atoms with Gasteiger partial charge in [0.25, 0.3) is 0 Å². The summed E-state index contributed by atoms with van der Waals surface area (Å²) in [5.74, 6) is 0.300. The van der Waals surface area contributed by atoms with Gasteiger partial charge in [0.1, 0.15) is 0 Å². The van der Waals surface area contributed by atoms with Crippen LogP contribution in [-0.2, 0) is 0 Å². The third-order valence-electron chi connectivity index (χ3n) is 2.99. The molecule has 0 radical (unpaired) electrons. The van der Waals surface area contributed by atoms with Crippen molar-refractivity contribution in [2.45, 2.75) is 12.5 Å². The van der Waals surface area contributed by atoms with Gasteiger partial charge in [-0.2, -0.15) is 0 Å².